The first kappa shape index (κ1) is 21.4. The number of nitriles is 1. The number of anilines is 2. The van der Waals surface area contributed by atoms with Crippen LogP contribution in [0.15, 0.2) is 43.1 Å². The number of rotatable bonds is 4. The summed E-state index contributed by atoms with van der Waals surface area (Å²) >= 11 is 0. The van der Waals surface area contributed by atoms with Crippen molar-refractivity contribution >= 4 is 17.4 Å². The van der Waals surface area contributed by atoms with E-state index in [0.717, 1.165) is 11.0 Å². The van der Waals surface area contributed by atoms with Gasteiger partial charge in [0.25, 0.3) is 5.91 Å². The highest BCUT2D eigenvalue weighted by Gasteiger charge is 2.41. The molecule has 0 fully saturated rings. The number of pyridine rings is 2. The van der Waals surface area contributed by atoms with Crippen LogP contribution in [0.4, 0.5) is 24.7 Å². The Morgan fingerprint density at radius 2 is 1.88 bits per heavy atom. The molecule has 166 valence electrons. The van der Waals surface area contributed by atoms with E-state index < -0.39 is 23.3 Å². The number of hydrogen-bond donors (Lipinski definition) is 2. The van der Waals surface area contributed by atoms with Gasteiger partial charge in [0.1, 0.15) is 17.5 Å². The SMILES string of the molecule is Cc1c(-n2ncc(C(=O)Nc3cnc(-n4nccn4)c(C#N)c3)c2C(F)(F)F)ccnc1N. The van der Waals surface area contributed by atoms with Crippen molar-refractivity contribution in [2.75, 3.05) is 11.1 Å². The molecule has 4 aromatic heterocycles. The van der Waals surface area contributed by atoms with E-state index in [1.165, 1.54) is 43.8 Å². The average Bonchev–Trinajstić information content (AvgIpc) is 3.45. The molecule has 4 rings (SSSR count). The van der Waals surface area contributed by atoms with Gasteiger partial charge in [0, 0.05) is 11.8 Å². The number of halogens is 3. The molecule has 0 aliphatic rings. The number of alkyl halides is 3. The summed E-state index contributed by atoms with van der Waals surface area (Å²) in [5.74, 6) is -0.969. The van der Waals surface area contributed by atoms with Gasteiger partial charge in [0.15, 0.2) is 11.5 Å². The summed E-state index contributed by atoms with van der Waals surface area (Å²) in [5.41, 5.74) is 3.97. The molecular formula is C19H13F3N10O. The maximum atomic E-state index is 13.9. The average molecular weight is 454 g/mol. The zero-order valence-corrected chi connectivity index (χ0v) is 16.7. The van der Waals surface area contributed by atoms with Gasteiger partial charge in [-0.25, -0.2) is 14.6 Å². The predicted octanol–water partition coefficient (Wildman–Crippen LogP) is 2.28. The van der Waals surface area contributed by atoms with Crippen LogP contribution >= 0.6 is 0 Å². The maximum absolute atomic E-state index is 13.9. The van der Waals surface area contributed by atoms with Crippen molar-refractivity contribution in [1.29, 1.82) is 5.26 Å². The molecule has 11 nitrogen and oxygen atoms in total. The molecule has 14 heteroatoms. The number of nitrogens with zero attached hydrogens (tertiary/aromatic N) is 8. The maximum Gasteiger partial charge on any atom is 0.434 e. The Hall–Kier alpha value is -4.80. The van der Waals surface area contributed by atoms with Crippen LogP contribution in [0.3, 0.4) is 0 Å². The number of aromatic nitrogens is 7. The van der Waals surface area contributed by atoms with Gasteiger partial charge in [-0.3, -0.25) is 4.79 Å². The zero-order chi connectivity index (χ0) is 23.8. The Morgan fingerprint density at radius 1 is 1.15 bits per heavy atom. The number of carbonyl (C=O) groups excluding carboxylic acids is 1. The molecule has 4 heterocycles. The molecule has 0 aliphatic carbocycles. The van der Waals surface area contributed by atoms with Gasteiger partial charge in [-0.05, 0) is 19.1 Å². The van der Waals surface area contributed by atoms with Crippen molar-refractivity contribution in [3.05, 3.63) is 65.5 Å². The monoisotopic (exact) mass is 454 g/mol. The highest BCUT2D eigenvalue weighted by Crippen LogP contribution is 2.35. The fourth-order valence-electron chi connectivity index (χ4n) is 3.03. The summed E-state index contributed by atoms with van der Waals surface area (Å²) in [5, 5.41) is 23.2. The quantitative estimate of drug-likeness (QED) is 0.476. The van der Waals surface area contributed by atoms with Crippen molar-refractivity contribution in [2.45, 2.75) is 13.1 Å². The van der Waals surface area contributed by atoms with E-state index in [1.54, 1.807) is 0 Å². The largest absolute Gasteiger partial charge is 0.434 e. The lowest BCUT2D eigenvalue weighted by molar-refractivity contribution is -0.143. The number of amides is 1. The third kappa shape index (κ3) is 3.94. The van der Waals surface area contributed by atoms with Gasteiger partial charge >= 0.3 is 6.18 Å². The van der Waals surface area contributed by atoms with Crippen LogP contribution in [0.2, 0.25) is 0 Å². The van der Waals surface area contributed by atoms with E-state index in [1.807, 2.05) is 6.07 Å². The first-order valence-electron chi connectivity index (χ1n) is 9.15. The predicted molar refractivity (Wildman–Crippen MR) is 107 cm³/mol. The van der Waals surface area contributed by atoms with Crippen molar-refractivity contribution in [3.8, 4) is 17.6 Å². The number of hydrogen-bond acceptors (Lipinski definition) is 8. The Kier molecular flexibility index (Phi) is 5.22. The summed E-state index contributed by atoms with van der Waals surface area (Å²) in [4.78, 5) is 21.7. The number of carbonyl (C=O) groups is 1. The summed E-state index contributed by atoms with van der Waals surface area (Å²) in [6, 6.07) is 4.43. The lowest BCUT2D eigenvalue weighted by Crippen LogP contribution is -2.21. The van der Waals surface area contributed by atoms with Crippen molar-refractivity contribution < 1.29 is 18.0 Å². The lowest BCUT2D eigenvalue weighted by Gasteiger charge is -2.15. The molecule has 0 bridgehead atoms. The van der Waals surface area contributed by atoms with E-state index in [4.69, 9.17) is 5.73 Å². The molecule has 4 aromatic rings. The molecule has 3 N–H and O–H groups in total. The molecular weight excluding hydrogens is 441 g/mol. The highest BCUT2D eigenvalue weighted by atomic mass is 19.4. The van der Waals surface area contributed by atoms with Crippen LogP contribution in [0.25, 0.3) is 11.5 Å². The summed E-state index contributed by atoms with van der Waals surface area (Å²) in [7, 11) is 0. The van der Waals surface area contributed by atoms with E-state index in [0.29, 0.717) is 4.68 Å². The molecule has 0 radical (unpaired) electrons. The Morgan fingerprint density at radius 3 is 2.55 bits per heavy atom. The van der Waals surface area contributed by atoms with Crippen LogP contribution in [0.1, 0.15) is 27.2 Å². The van der Waals surface area contributed by atoms with Gasteiger partial charge in [-0.2, -0.15) is 33.7 Å². The number of nitrogen functional groups attached to an aromatic ring is 1. The van der Waals surface area contributed by atoms with Crippen LogP contribution in [0.5, 0.6) is 0 Å². The van der Waals surface area contributed by atoms with Crippen LogP contribution in [0, 0.1) is 18.3 Å². The first-order chi connectivity index (χ1) is 15.7. The van der Waals surface area contributed by atoms with E-state index in [9.17, 15) is 23.2 Å². The second-order valence-electron chi connectivity index (χ2n) is 6.64. The molecule has 33 heavy (non-hydrogen) atoms. The van der Waals surface area contributed by atoms with Crippen LogP contribution in [-0.2, 0) is 6.18 Å². The standard InChI is InChI=1S/C19H13F3N10O/c1-10-14(2-3-25-16(10)24)31-15(19(20,21)22)13(9-29-31)18(33)30-12-6-11(7-23)17(26-8-12)32-27-4-5-28-32/h2-6,8-9H,1H3,(H2,24,25)(H,30,33). The zero-order valence-electron chi connectivity index (χ0n) is 16.7. The number of nitrogens with two attached hydrogens (primary N) is 1. The minimum atomic E-state index is -4.92. The van der Waals surface area contributed by atoms with Gasteiger partial charge < -0.3 is 11.1 Å². The second-order valence-corrected chi connectivity index (χ2v) is 6.64. The topological polar surface area (TPSA) is 153 Å². The van der Waals surface area contributed by atoms with E-state index in [2.05, 4.69) is 30.6 Å². The molecule has 1 amide bonds. The molecule has 0 saturated carbocycles. The Balaban J connectivity index is 1.72. The summed E-state index contributed by atoms with van der Waals surface area (Å²) in [6.07, 6.45) is 1.06. The van der Waals surface area contributed by atoms with E-state index >= 15 is 0 Å². The number of nitrogens with one attached hydrogen (secondary N) is 1. The van der Waals surface area contributed by atoms with Crippen molar-refractivity contribution in [3.63, 3.8) is 0 Å². The third-order valence-electron chi connectivity index (χ3n) is 4.58. The summed E-state index contributed by atoms with van der Waals surface area (Å²) < 4.78 is 42.4. The molecule has 0 aromatic carbocycles. The van der Waals surface area contributed by atoms with Gasteiger partial charge in [-0.1, -0.05) is 0 Å². The highest BCUT2D eigenvalue weighted by molar-refractivity contribution is 6.05. The van der Waals surface area contributed by atoms with Crippen molar-refractivity contribution in [1.82, 2.24) is 34.7 Å². The molecule has 0 saturated heterocycles. The van der Waals surface area contributed by atoms with Crippen LogP contribution in [-0.4, -0.2) is 40.6 Å². The molecule has 0 spiro atoms. The fourth-order valence-corrected chi connectivity index (χ4v) is 3.03. The second kappa shape index (κ2) is 8.04. The molecule has 0 unspecified atom stereocenters. The van der Waals surface area contributed by atoms with Gasteiger partial charge in [0.05, 0.1) is 41.7 Å². The first-order valence-corrected chi connectivity index (χ1v) is 9.15. The fraction of sp³-hybridized carbons (Fsp3) is 0.105. The smallest absolute Gasteiger partial charge is 0.383 e. The minimum absolute atomic E-state index is 0.00127. The van der Waals surface area contributed by atoms with E-state index in [-0.39, 0.29) is 34.1 Å². The van der Waals surface area contributed by atoms with Gasteiger partial charge in [-0.15, -0.1) is 4.80 Å². The Bertz CT molecular complexity index is 1390. The minimum Gasteiger partial charge on any atom is -0.383 e. The normalized spacial score (nSPS) is 11.2. The molecule has 0 aliphatic heterocycles. The van der Waals surface area contributed by atoms with Gasteiger partial charge in [0.2, 0.25) is 0 Å². The lowest BCUT2D eigenvalue weighted by atomic mass is 10.2. The third-order valence-corrected chi connectivity index (χ3v) is 4.58. The summed E-state index contributed by atoms with van der Waals surface area (Å²) in [6.45, 7) is 1.49. The van der Waals surface area contributed by atoms with Crippen molar-refractivity contribution in [2.24, 2.45) is 0 Å². The molecule has 0 atom stereocenters. The Labute approximate surface area is 183 Å². The van der Waals surface area contributed by atoms with Crippen LogP contribution < -0.4 is 11.1 Å².